The molecular formula is C19H17N3O2S. The van der Waals surface area contributed by atoms with Gasteiger partial charge in [0.15, 0.2) is 0 Å². The Hall–Kier alpha value is -3.04. The Labute approximate surface area is 149 Å². The lowest BCUT2D eigenvalue weighted by atomic mass is 10.0. The van der Waals surface area contributed by atoms with Crippen molar-refractivity contribution in [3.05, 3.63) is 58.4 Å². The first-order valence-electron chi connectivity index (χ1n) is 7.79. The Balaban J connectivity index is 1.81. The number of hydrogen-bond acceptors (Lipinski definition) is 3. The lowest BCUT2D eigenvalue weighted by Gasteiger charge is -2.17. The second-order valence-electron chi connectivity index (χ2n) is 5.49. The maximum atomic E-state index is 12.4. The van der Waals surface area contributed by atoms with E-state index < -0.39 is 6.04 Å². The summed E-state index contributed by atoms with van der Waals surface area (Å²) < 4.78 is 0. The summed E-state index contributed by atoms with van der Waals surface area (Å²) in [5.74, 6) is 1.81. The number of rotatable bonds is 6. The summed E-state index contributed by atoms with van der Waals surface area (Å²) in [6, 6.07) is 10.7. The average molecular weight is 351 g/mol. The van der Waals surface area contributed by atoms with Gasteiger partial charge in [0, 0.05) is 23.5 Å². The topological polar surface area (TPSA) is 74.0 Å². The minimum atomic E-state index is -0.706. The molecule has 2 heterocycles. The van der Waals surface area contributed by atoms with Gasteiger partial charge in [0.1, 0.15) is 6.04 Å². The second kappa shape index (κ2) is 7.69. The van der Waals surface area contributed by atoms with Crippen LogP contribution in [0.3, 0.4) is 0 Å². The van der Waals surface area contributed by atoms with E-state index in [0.29, 0.717) is 11.3 Å². The van der Waals surface area contributed by atoms with E-state index in [1.165, 1.54) is 11.3 Å². The van der Waals surface area contributed by atoms with E-state index >= 15 is 0 Å². The van der Waals surface area contributed by atoms with Crippen molar-refractivity contribution in [2.45, 2.75) is 12.5 Å². The van der Waals surface area contributed by atoms with Crippen LogP contribution in [0.15, 0.2) is 48.0 Å². The monoisotopic (exact) mass is 351 g/mol. The number of nitrogens with one attached hydrogen (secondary N) is 3. The van der Waals surface area contributed by atoms with Crippen molar-refractivity contribution >= 4 is 34.1 Å². The maximum Gasteiger partial charge on any atom is 0.262 e. The van der Waals surface area contributed by atoms with Crippen LogP contribution >= 0.6 is 11.3 Å². The lowest BCUT2D eigenvalue weighted by molar-refractivity contribution is -0.122. The molecule has 0 aliphatic rings. The predicted octanol–water partition coefficient (Wildman–Crippen LogP) is 2.32. The highest BCUT2D eigenvalue weighted by Gasteiger charge is 2.23. The van der Waals surface area contributed by atoms with Crippen molar-refractivity contribution in [1.82, 2.24) is 15.6 Å². The number of hydrogen-bond donors (Lipinski definition) is 3. The first-order chi connectivity index (χ1) is 12.2. The summed E-state index contributed by atoms with van der Waals surface area (Å²) in [7, 11) is 0. The molecule has 25 heavy (non-hydrogen) atoms. The average Bonchev–Trinajstić information content (AvgIpc) is 3.29. The van der Waals surface area contributed by atoms with Gasteiger partial charge in [-0.15, -0.1) is 17.8 Å². The van der Waals surface area contributed by atoms with E-state index in [9.17, 15) is 9.59 Å². The smallest absolute Gasteiger partial charge is 0.262 e. The summed E-state index contributed by atoms with van der Waals surface area (Å²) in [6.45, 7) is 0.123. The summed E-state index contributed by atoms with van der Waals surface area (Å²) in [4.78, 5) is 28.5. The first-order valence-corrected chi connectivity index (χ1v) is 8.67. The number of para-hydroxylation sites is 1. The van der Waals surface area contributed by atoms with Crippen molar-refractivity contribution in [2.24, 2.45) is 0 Å². The van der Waals surface area contributed by atoms with Crippen LogP contribution in [0.2, 0.25) is 0 Å². The largest absolute Gasteiger partial charge is 0.361 e. The molecule has 0 spiro atoms. The molecule has 1 atom stereocenters. The van der Waals surface area contributed by atoms with Crippen LogP contribution in [0.5, 0.6) is 0 Å². The van der Waals surface area contributed by atoms with Crippen molar-refractivity contribution in [1.29, 1.82) is 0 Å². The number of carbonyl (C=O) groups is 2. The molecule has 2 aromatic heterocycles. The molecule has 0 aliphatic heterocycles. The van der Waals surface area contributed by atoms with Gasteiger partial charge in [0.2, 0.25) is 5.91 Å². The number of aromatic nitrogens is 1. The predicted molar refractivity (Wildman–Crippen MR) is 99.4 cm³/mol. The molecule has 2 amide bonds. The highest BCUT2D eigenvalue weighted by Crippen LogP contribution is 2.19. The zero-order valence-electron chi connectivity index (χ0n) is 13.4. The fraction of sp³-hybridized carbons (Fsp3) is 0.158. The third-order valence-corrected chi connectivity index (χ3v) is 4.70. The van der Waals surface area contributed by atoms with E-state index in [-0.39, 0.29) is 18.4 Å². The summed E-state index contributed by atoms with van der Waals surface area (Å²) >= 11 is 1.33. The number of terminal acetylenes is 1. The van der Waals surface area contributed by atoms with E-state index in [2.05, 4.69) is 21.5 Å². The molecule has 6 heteroatoms. The number of thiophene rings is 1. The van der Waals surface area contributed by atoms with Crippen LogP contribution in [0.25, 0.3) is 10.9 Å². The third-order valence-electron chi connectivity index (χ3n) is 3.83. The Bertz CT molecular complexity index is 922. The molecule has 3 N–H and O–H groups in total. The molecule has 0 aliphatic carbocycles. The Morgan fingerprint density at radius 3 is 2.84 bits per heavy atom. The number of aromatic amines is 1. The SMILES string of the molecule is C#CCNC(=O)C(Cc1c[nH]c2ccccc12)NC(=O)c1cccs1. The maximum absolute atomic E-state index is 12.4. The molecule has 3 rings (SSSR count). The molecule has 0 radical (unpaired) electrons. The molecule has 1 unspecified atom stereocenters. The van der Waals surface area contributed by atoms with Gasteiger partial charge >= 0.3 is 0 Å². The van der Waals surface area contributed by atoms with Gasteiger partial charge in [-0.2, -0.15) is 0 Å². The number of H-pyrrole nitrogens is 1. The normalized spacial score (nSPS) is 11.6. The molecule has 3 aromatic rings. The molecule has 0 saturated heterocycles. The minimum absolute atomic E-state index is 0.123. The Morgan fingerprint density at radius 2 is 2.08 bits per heavy atom. The van der Waals surface area contributed by atoms with Gasteiger partial charge in [-0.3, -0.25) is 9.59 Å². The van der Waals surface area contributed by atoms with Crippen LogP contribution in [0, 0.1) is 12.3 Å². The van der Waals surface area contributed by atoms with Gasteiger partial charge in [0.25, 0.3) is 5.91 Å². The standard InChI is InChI=1S/C19H17N3O2S/c1-2-9-20-18(23)16(22-19(24)17-8-5-10-25-17)11-13-12-21-15-7-4-3-6-14(13)15/h1,3-8,10,12,16,21H,9,11H2,(H,20,23)(H,22,24). The minimum Gasteiger partial charge on any atom is -0.361 e. The summed E-state index contributed by atoms with van der Waals surface area (Å²) in [5.41, 5.74) is 1.95. The highest BCUT2D eigenvalue weighted by atomic mass is 32.1. The third kappa shape index (κ3) is 3.90. The fourth-order valence-electron chi connectivity index (χ4n) is 2.63. The fourth-order valence-corrected chi connectivity index (χ4v) is 3.26. The van der Waals surface area contributed by atoms with Crippen molar-refractivity contribution < 1.29 is 9.59 Å². The number of fused-ring (bicyclic) bond motifs is 1. The van der Waals surface area contributed by atoms with Crippen molar-refractivity contribution in [2.75, 3.05) is 6.54 Å². The van der Waals surface area contributed by atoms with E-state index in [4.69, 9.17) is 6.42 Å². The van der Waals surface area contributed by atoms with Crippen LogP contribution in [0.1, 0.15) is 15.2 Å². The second-order valence-corrected chi connectivity index (χ2v) is 6.44. The van der Waals surface area contributed by atoms with E-state index in [0.717, 1.165) is 16.5 Å². The van der Waals surface area contributed by atoms with Crippen LogP contribution < -0.4 is 10.6 Å². The molecule has 126 valence electrons. The lowest BCUT2D eigenvalue weighted by Crippen LogP contribution is -2.48. The highest BCUT2D eigenvalue weighted by molar-refractivity contribution is 7.12. The van der Waals surface area contributed by atoms with Gasteiger partial charge in [-0.05, 0) is 23.1 Å². The van der Waals surface area contributed by atoms with Crippen molar-refractivity contribution in [3.63, 3.8) is 0 Å². The molecule has 5 nitrogen and oxygen atoms in total. The van der Waals surface area contributed by atoms with Gasteiger partial charge in [-0.1, -0.05) is 30.2 Å². The van der Waals surface area contributed by atoms with E-state index in [1.807, 2.05) is 35.8 Å². The summed E-state index contributed by atoms with van der Waals surface area (Å²) in [5, 5.41) is 8.31. The molecular weight excluding hydrogens is 334 g/mol. The Kier molecular flexibility index (Phi) is 5.17. The number of benzene rings is 1. The number of carbonyl (C=O) groups excluding carboxylic acids is 2. The number of amides is 2. The van der Waals surface area contributed by atoms with Crippen LogP contribution in [-0.2, 0) is 11.2 Å². The van der Waals surface area contributed by atoms with Gasteiger partial charge < -0.3 is 15.6 Å². The zero-order chi connectivity index (χ0) is 17.6. The van der Waals surface area contributed by atoms with Crippen LogP contribution in [-0.4, -0.2) is 29.4 Å². The van der Waals surface area contributed by atoms with Gasteiger partial charge in [-0.25, -0.2) is 0 Å². The van der Waals surface area contributed by atoms with Crippen LogP contribution in [0.4, 0.5) is 0 Å². The Morgan fingerprint density at radius 1 is 1.24 bits per heavy atom. The quantitative estimate of drug-likeness (QED) is 0.596. The molecule has 0 fully saturated rings. The molecule has 0 saturated carbocycles. The summed E-state index contributed by atoms with van der Waals surface area (Å²) in [6.07, 6.45) is 7.45. The van der Waals surface area contributed by atoms with E-state index in [1.54, 1.807) is 12.1 Å². The van der Waals surface area contributed by atoms with Crippen molar-refractivity contribution in [3.8, 4) is 12.3 Å². The molecule has 0 bridgehead atoms. The van der Waals surface area contributed by atoms with Gasteiger partial charge in [0.05, 0.1) is 11.4 Å². The zero-order valence-corrected chi connectivity index (χ0v) is 14.2. The first kappa shape index (κ1) is 16.8. The molecule has 1 aromatic carbocycles.